The molecule has 0 amide bonds. The molecular weight excluding hydrogens is 985 g/mol. The average molecular weight is 1110 g/mol. The van der Waals surface area contributed by atoms with Crippen LogP contribution >= 0.6 is 0 Å². The van der Waals surface area contributed by atoms with Crippen LogP contribution in [0.25, 0.3) is 0 Å². The minimum atomic E-state index is -0.796. The third-order valence-corrected chi connectivity index (χ3v) is 14.8. The molecule has 0 fully saturated rings. The van der Waals surface area contributed by atoms with Crippen LogP contribution in [0.4, 0.5) is 0 Å². The van der Waals surface area contributed by atoms with E-state index in [1.165, 1.54) is 161 Å². The van der Waals surface area contributed by atoms with E-state index in [0.717, 1.165) is 135 Å². The Kier molecular flexibility index (Phi) is 64.7. The van der Waals surface area contributed by atoms with E-state index in [-0.39, 0.29) is 31.1 Å². The van der Waals surface area contributed by atoms with Gasteiger partial charge in [0.05, 0.1) is 0 Å². The van der Waals surface area contributed by atoms with Crippen LogP contribution in [-0.2, 0) is 28.6 Å². The molecule has 0 aromatic heterocycles. The number of carbonyl (C=O) groups is 3. The van der Waals surface area contributed by atoms with Crippen LogP contribution in [-0.4, -0.2) is 37.2 Å². The molecule has 6 heteroatoms. The van der Waals surface area contributed by atoms with Gasteiger partial charge in [0, 0.05) is 19.3 Å². The minimum Gasteiger partial charge on any atom is -0.462 e. The zero-order valence-corrected chi connectivity index (χ0v) is 52.8. The Hall–Kier alpha value is -3.67. The van der Waals surface area contributed by atoms with E-state index >= 15 is 0 Å². The Morgan fingerprint density at radius 1 is 0.263 bits per heavy atom. The number of unbranched alkanes of at least 4 members (excludes halogenated alkanes) is 35. The highest BCUT2D eigenvalue weighted by Gasteiger charge is 2.19. The van der Waals surface area contributed by atoms with E-state index < -0.39 is 6.10 Å². The third kappa shape index (κ3) is 65.1. The van der Waals surface area contributed by atoms with Gasteiger partial charge in [0.1, 0.15) is 13.2 Å². The maximum Gasteiger partial charge on any atom is 0.306 e. The number of carbonyl (C=O) groups excluding carboxylic acids is 3. The highest BCUT2D eigenvalue weighted by Crippen LogP contribution is 2.17. The fraction of sp³-hybridized carbons (Fsp3) is 0.743. The molecule has 0 heterocycles. The van der Waals surface area contributed by atoms with Crippen molar-refractivity contribution in [3.8, 4) is 0 Å². The summed E-state index contributed by atoms with van der Waals surface area (Å²) in [7, 11) is 0. The van der Waals surface area contributed by atoms with E-state index in [2.05, 4.69) is 118 Å². The number of hydrogen-bond donors (Lipinski definition) is 0. The normalized spacial score (nSPS) is 12.7. The summed E-state index contributed by atoms with van der Waals surface area (Å²) in [5, 5.41) is 0. The van der Waals surface area contributed by atoms with Crippen molar-refractivity contribution in [3.63, 3.8) is 0 Å². The summed E-state index contributed by atoms with van der Waals surface area (Å²) in [5.41, 5.74) is 0. The first-order valence-electron chi connectivity index (χ1n) is 34.2. The second kappa shape index (κ2) is 67.8. The Morgan fingerprint density at radius 3 is 0.775 bits per heavy atom. The van der Waals surface area contributed by atoms with Crippen LogP contribution < -0.4 is 0 Å². The number of esters is 3. The van der Waals surface area contributed by atoms with Crippen LogP contribution in [0.3, 0.4) is 0 Å². The molecule has 0 aliphatic carbocycles. The molecule has 0 N–H and O–H groups in total. The van der Waals surface area contributed by atoms with Gasteiger partial charge in [0.15, 0.2) is 6.10 Å². The first-order chi connectivity index (χ1) is 39.5. The number of rotatable bonds is 62. The number of ether oxygens (including phenoxy) is 3. The second-order valence-electron chi connectivity index (χ2n) is 22.7. The van der Waals surface area contributed by atoms with E-state index in [0.29, 0.717) is 19.3 Å². The molecule has 0 aliphatic rings. The largest absolute Gasteiger partial charge is 0.462 e. The molecule has 0 aromatic rings. The van der Waals surface area contributed by atoms with Crippen molar-refractivity contribution in [3.05, 3.63) is 97.2 Å². The quantitative estimate of drug-likeness (QED) is 0.0261. The lowest BCUT2D eigenvalue weighted by Gasteiger charge is -2.18. The Morgan fingerprint density at radius 2 is 0.487 bits per heavy atom. The van der Waals surface area contributed by atoms with Gasteiger partial charge in [0.25, 0.3) is 0 Å². The van der Waals surface area contributed by atoms with Crippen LogP contribution in [0, 0.1) is 0 Å². The summed E-state index contributed by atoms with van der Waals surface area (Å²) in [4.78, 5) is 38.4. The van der Waals surface area contributed by atoms with Gasteiger partial charge in [-0.15, -0.1) is 0 Å². The first-order valence-corrected chi connectivity index (χ1v) is 34.2. The predicted molar refractivity (Wildman–Crippen MR) is 348 cm³/mol. The Bertz CT molecular complexity index is 1560. The molecule has 460 valence electrons. The molecule has 80 heavy (non-hydrogen) atoms. The minimum absolute atomic E-state index is 0.0910. The molecule has 1 unspecified atom stereocenters. The molecule has 1 atom stereocenters. The van der Waals surface area contributed by atoms with Crippen molar-refractivity contribution in [2.75, 3.05) is 13.2 Å². The van der Waals surface area contributed by atoms with Crippen molar-refractivity contribution in [1.29, 1.82) is 0 Å². The lowest BCUT2D eigenvalue weighted by Crippen LogP contribution is -2.30. The van der Waals surface area contributed by atoms with Crippen LogP contribution in [0.1, 0.15) is 335 Å². The van der Waals surface area contributed by atoms with Crippen molar-refractivity contribution >= 4 is 17.9 Å². The molecular formula is C74H128O6. The summed E-state index contributed by atoms with van der Waals surface area (Å²) in [5.74, 6) is -0.913. The topological polar surface area (TPSA) is 78.9 Å². The smallest absolute Gasteiger partial charge is 0.306 e. The summed E-state index contributed by atoms with van der Waals surface area (Å²) in [6.07, 6.45) is 91.3. The molecule has 6 nitrogen and oxygen atoms in total. The Balaban J connectivity index is 4.41. The van der Waals surface area contributed by atoms with Crippen molar-refractivity contribution in [2.24, 2.45) is 0 Å². The van der Waals surface area contributed by atoms with Gasteiger partial charge in [-0.25, -0.2) is 0 Å². The zero-order valence-electron chi connectivity index (χ0n) is 52.8. The number of allylic oxidation sites excluding steroid dienone is 16. The van der Waals surface area contributed by atoms with E-state index in [4.69, 9.17) is 14.2 Å². The fourth-order valence-corrected chi connectivity index (χ4v) is 9.71. The van der Waals surface area contributed by atoms with Crippen LogP contribution in [0.2, 0.25) is 0 Å². The summed E-state index contributed by atoms with van der Waals surface area (Å²) < 4.78 is 17.0. The standard InChI is InChI=1S/C74H128O6/c1-4-7-10-13-16-19-22-25-28-31-33-35-37-39-41-43-46-49-52-55-58-61-64-67-73(76)79-70-71(69-78-72(75)66-63-60-57-54-51-48-45-30-27-24-21-18-15-12-9-6-3)80-74(77)68-65-62-59-56-53-50-47-44-42-40-38-36-34-32-29-26-23-20-17-14-11-8-5-2/h7,10,16,19,21,24-25,28,30,33,35,39,41,45-46,49,71H,4-6,8-9,11-15,17-18,20,22-23,26-27,29,31-32,34,36-38,40,42-44,47-48,50-70H2,1-3H3/b10-7-,19-16-,24-21-,28-25-,35-33-,41-39-,45-30-,49-46-. The monoisotopic (exact) mass is 1110 g/mol. The van der Waals surface area contributed by atoms with E-state index in [1.807, 2.05) is 0 Å². The van der Waals surface area contributed by atoms with Crippen LogP contribution in [0.5, 0.6) is 0 Å². The first kappa shape index (κ1) is 76.3. The van der Waals surface area contributed by atoms with Crippen LogP contribution in [0.15, 0.2) is 97.2 Å². The lowest BCUT2D eigenvalue weighted by atomic mass is 10.0. The maximum absolute atomic E-state index is 13.0. The zero-order chi connectivity index (χ0) is 57.8. The summed E-state index contributed by atoms with van der Waals surface area (Å²) in [6, 6.07) is 0. The van der Waals surface area contributed by atoms with Gasteiger partial charge in [-0.05, 0) is 103 Å². The van der Waals surface area contributed by atoms with Crippen molar-refractivity contribution in [1.82, 2.24) is 0 Å². The summed E-state index contributed by atoms with van der Waals surface area (Å²) in [6.45, 7) is 6.52. The predicted octanol–water partition coefficient (Wildman–Crippen LogP) is 23.6. The summed E-state index contributed by atoms with van der Waals surface area (Å²) >= 11 is 0. The van der Waals surface area contributed by atoms with Gasteiger partial charge in [-0.2, -0.15) is 0 Å². The van der Waals surface area contributed by atoms with Gasteiger partial charge in [-0.3, -0.25) is 14.4 Å². The molecule has 0 bridgehead atoms. The van der Waals surface area contributed by atoms with E-state index in [1.54, 1.807) is 0 Å². The van der Waals surface area contributed by atoms with Gasteiger partial charge >= 0.3 is 17.9 Å². The van der Waals surface area contributed by atoms with Gasteiger partial charge in [0.2, 0.25) is 0 Å². The highest BCUT2D eigenvalue weighted by atomic mass is 16.6. The lowest BCUT2D eigenvalue weighted by molar-refractivity contribution is -0.167. The molecule has 0 aliphatic heterocycles. The third-order valence-electron chi connectivity index (χ3n) is 14.8. The molecule has 0 aromatic carbocycles. The average Bonchev–Trinajstić information content (AvgIpc) is 3.46. The van der Waals surface area contributed by atoms with Crippen molar-refractivity contribution in [2.45, 2.75) is 341 Å². The van der Waals surface area contributed by atoms with E-state index in [9.17, 15) is 14.4 Å². The second-order valence-corrected chi connectivity index (χ2v) is 22.7. The van der Waals surface area contributed by atoms with Gasteiger partial charge < -0.3 is 14.2 Å². The molecule has 0 saturated heterocycles. The SMILES string of the molecule is CC/C=C\C/C=C\C/C=C\C/C=C\C/C=C\C/C=C\CCCCCCC(=O)OCC(COC(=O)CCCCCCC/C=C\C/C=C\CCCCCC)OC(=O)CCCCCCCCCCCCCCCCCCCCCCCCC. The molecule has 0 radical (unpaired) electrons. The molecule has 0 saturated carbocycles. The molecule has 0 rings (SSSR count). The Labute approximate surface area is 496 Å². The highest BCUT2D eigenvalue weighted by molar-refractivity contribution is 5.71. The maximum atomic E-state index is 13.0. The van der Waals surface area contributed by atoms with Crippen molar-refractivity contribution < 1.29 is 28.6 Å². The fourth-order valence-electron chi connectivity index (χ4n) is 9.71. The number of hydrogen-bond acceptors (Lipinski definition) is 6. The van der Waals surface area contributed by atoms with Gasteiger partial charge in [-0.1, -0.05) is 311 Å². The molecule has 0 spiro atoms.